The number of hydrogen-bond donors (Lipinski definition) is 1. The van der Waals surface area contributed by atoms with E-state index in [0.29, 0.717) is 17.9 Å². The minimum atomic E-state index is -0.117. The van der Waals surface area contributed by atoms with Crippen LogP contribution in [0.3, 0.4) is 0 Å². The number of fused-ring (bicyclic) bond motifs is 1. The fourth-order valence-electron chi connectivity index (χ4n) is 2.42. The minimum absolute atomic E-state index is 0.117. The number of para-hydroxylation sites is 1. The van der Waals surface area contributed by atoms with Crippen LogP contribution in [0.1, 0.15) is 16.1 Å². The molecule has 0 atom stereocenters. The first kappa shape index (κ1) is 14.7. The number of nitrogens with one attached hydrogen (secondary N) is 1. The maximum Gasteiger partial charge on any atom is 0.251 e. The zero-order valence-corrected chi connectivity index (χ0v) is 13.5. The van der Waals surface area contributed by atoms with Gasteiger partial charge in [0.1, 0.15) is 5.76 Å². The topological polar surface area (TPSA) is 55.1 Å². The first-order valence-corrected chi connectivity index (χ1v) is 8.39. The largest absolute Gasteiger partial charge is 0.457 e. The fraction of sp³-hybridized carbons (Fsp3) is 0.0526. The maximum atomic E-state index is 12.0. The molecule has 0 aliphatic carbocycles. The van der Waals surface area contributed by atoms with Crippen LogP contribution < -0.4 is 5.32 Å². The van der Waals surface area contributed by atoms with E-state index in [4.69, 9.17) is 4.42 Å². The van der Waals surface area contributed by atoms with E-state index in [2.05, 4.69) is 10.3 Å². The highest BCUT2D eigenvalue weighted by Crippen LogP contribution is 2.31. The Morgan fingerprint density at radius 3 is 2.62 bits per heavy atom. The van der Waals surface area contributed by atoms with E-state index in [-0.39, 0.29) is 5.91 Å². The number of carbonyl (C=O) groups excluding carboxylic acids is 1. The summed E-state index contributed by atoms with van der Waals surface area (Å²) in [5.41, 5.74) is 1.60. The van der Waals surface area contributed by atoms with Crippen molar-refractivity contribution < 1.29 is 9.21 Å². The predicted octanol–water partition coefficient (Wildman–Crippen LogP) is 4.49. The van der Waals surface area contributed by atoms with E-state index in [1.807, 2.05) is 54.6 Å². The van der Waals surface area contributed by atoms with E-state index in [9.17, 15) is 4.79 Å². The van der Waals surface area contributed by atoms with Gasteiger partial charge in [-0.2, -0.15) is 0 Å². The van der Waals surface area contributed by atoms with Crippen LogP contribution in [0.15, 0.2) is 71.1 Å². The number of hydrogen-bond acceptors (Lipinski definition) is 4. The quantitative estimate of drug-likeness (QED) is 0.598. The summed E-state index contributed by atoms with van der Waals surface area (Å²) in [6, 6.07) is 20.9. The van der Waals surface area contributed by atoms with Gasteiger partial charge in [0, 0.05) is 5.56 Å². The number of rotatable bonds is 4. The van der Waals surface area contributed by atoms with E-state index in [1.165, 1.54) is 0 Å². The predicted molar refractivity (Wildman–Crippen MR) is 94.9 cm³/mol. The Hall–Kier alpha value is -2.92. The molecule has 2 aromatic carbocycles. The zero-order chi connectivity index (χ0) is 16.4. The number of nitrogens with zero attached hydrogens (tertiary/aromatic N) is 1. The number of aromatic nitrogens is 1. The summed E-state index contributed by atoms with van der Waals surface area (Å²) in [7, 11) is 0. The monoisotopic (exact) mass is 334 g/mol. The molecule has 0 saturated heterocycles. The second-order valence-electron chi connectivity index (χ2n) is 5.30. The molecule has 0 aliphatic heterocycles. The van der Waals surface area contributed by atoms with E-state index in [1.54, 1.807) is 23.5 Å². The Kier molecular flexibility index (Phi) is 3.84. The number of carbonyl (C=O) groups is 1. The summed E-state index contributed by atoms with van der Waals surface area (Å²) >= 11 is 1.59. The van der Waals surface area contributed by atoms with E-state index >= 15 is 0 Å². The van der Waals surface area contributed by atoms with Crippen molar-refractivity contribution in [1.29, 1.82) is 0 Å². The van der Waals surface area contributed by atoms with Crippen molar-refractivity contribution in [3.05, 3.63) is 78.1 Å². The van der Waals surface area contributed by atoms with Crippen LogP contribution in [-0.4, -0.2) is 10.9 Å². The average Bonchev–Trinajstić information content (AvgIpc) is 3.27. The van der Waals surface area contributed by atoms with Crippen LogP contribution in [0.2, 0.25) is 0 Å². The van der Waals surface area contributed by atoms with Gasteiger partial charge in [-0.3, -0.25) is 4.79 Å². The summed E-state index contributed by atoms with van der Waals surface area (Å²) in [6.07, 6.45) is 0. The molecule has 2 heterocycles. The molecular formula is C19H14N2O2S. The Morgan fingerprint density at radius 2 is 1.79 bits per heavy atom. The molecule has 118 valence electrons. The molecule has 2 aromatic heterocycles. The third-order valence-electron chi connectivity index (χ3n) is 3.63. The molecule has 24 heavy (non-hydrogen) atoms. The summed E-state index contributed by atoms with van der Waals surface area (Å²) < 4.78 is 6.95. The van der Waals surface area contributed by atoms with Crippen molar-refractivity contribution in [2.45, 2.75) is 6.54 Å². The van der Waals surface area contributed by atoms with Crippen molar-refractivity contribution in [1.82, 2.24) is 10.3 Å². The van der Waals surface area contributed by atoms with Gasteiger partial charge in [0.25, 0.3) is 5.91 Å². The summed E-state index contributed by atoms with van der Waals surface area (Å²) in [5.74, 6) is 1.31. The minimum Gasteiger partial charge on any atom is -0.457 e. The van der Waals surface area contributed by atoms with Crippen molar-refractivity contribution in [3.63, 3.8) is 0 Å². The molecule has 0 aliphatic rings. The van der Waals surface area contributed by atoms with Gasteiger partial charge in [-0.25, -0.2) is 4.98 Å². The van der Waals surface area contributed by atoms with Crippen LogP contribution in [0.25, 0.3) is 21.0 Å². The highest BCUT2D eigenvalue weighted by atomic mass is 32.1. The van der Waals surface area contributed by atoms with Gasteiger partial charge in [0.2, 0.25) is 0 Å². The van der Waals surface area contributed by atoms with Gasteiger partial charge < -0.3 is 9.73 Å². The molecular weight excluding hydrogens is 320 g/mol. The molecule has 0 spiro atoms. The second-order valence-corrected chi connectivity index (χ2v) is 6.33. The van der Waals surface area contributed by atoms with Crippen LogP contribution in [0.4, 0.5) is 0 Å². The summed E-state index contributed by atoms with van der Waals surface area (Å²) in [6.45, 7) is 0.346. The standard InChI is InChI=1S/C19H14N2O2S/c22-18(13-6-2-1-3-7-13)20-12-14-10-11-16(23-14)19-21-15-8-4-5-9-17(15)24-19/h1-11H,12H2,(H,20,22). The molecule has 4 aromatic rings. The number of benzene rings is 2. The van der Waals surface area contributed by atoms with Crippen LogP contribution in [0, 0.1) is 0 Å². The van der Waals surface area contributed by atoms with Crippen molar-refractivity contribution >= 4 is 27.5 Å². The van der Waals surface area contributed by atoms with Gasteiger partial charge in [0.15, 0.2) is 10.8 Å². The van der Waals surface area contributed by atoms with Crippen molar-refractivity contribution in [3.8, 4) is 10.8 Å². The third-order valence-corrected chi connectivity index (χ3v) is 4.68. The third kappa shape index (κ3) is 2.94. The molecule has 1 N–H and O–H groups in total. The zero-order valence-electron chi connectivity index (χ0n) is 12.7. The van der Waals surface area contributed by atoms with Gasteiger partial charge in [-0.1, -0.05) is 30.3 Å². The lowest BCUT2D eigenvalue weighted by Gasteiger charge is -2.02. The Balaban J connectivity index is 1.48. The lowest BCUT2D eigenvalue weighted by atomic mass is 10.2. The van der Waals surface area contributed by atoms with E-state index in [0.717, 1.165) is 21.0 Å². The number of thiazole rings is 1. The van der Waals surface area contributed by atoms with Crippen molar-refractivity contribution in [2.24, 2.45) is 0 Å². The summed E-state index contributed by atoms with van der Waals surface area (Å²) in [5, 5.41) is 3.70. The Morgan fingerprint density at radius 1 is 1.00 bits per heavy atom. The first-order valence-electron chi connectivity index (χ1n) is 7.57. The normalized spacial score (nSPS) is 10.8. The number of furan rings is 1. The molecule has 4 rings (SSSR count). The molecule has 0 fully saturated rings. The van der Waals surface area contributed by atoms with Crippen LogP contribution in [0.5, 0.6) is 0 Å². The molecule has 5 heteroatoms. The molecule has 0 radical (unpaired) electrons. The smallest absolute Gasteiger partial charge is 0.251 e. The van der Waals surface area contributed by atoms with Gasteiger partial charge >= 0.3 is 0 Å². The SMILES string of the molecule is O=C(NCc1ccc(-c2nc3ccccc3s2)o1)c1ccccc1. The first-order chi connectivity index (χ1) is 11.8. The molecule has 0 saturated carbocycles. The van der Waals surface area contributed by atoms with Gasteiger partial charge in [0.05, 0.1) is 16.8 Å². The lowest BCUT2D eigenvalue weighted by Crippen LogP contribution is -2.22. The van der Waals surface area contributed by atoms with Crippen LogP contribution in [-0.2, 0) is 6.54 Å². The van der Waals surface area contributed by atoms with Gasteiger partial charge in [-0.05, 0) is 36.4 Å². The Bertz CT molecular complexity index is 956. The fourth-order valence-corrected chi connectivity index (χ4v) is 3.35. The van der Waals surface area contributed by atoms with Crippen molar-refractivity contribution in [2.75, 3.05) is 0 Å². The highest BCUT2D eigenvalue weighted by Gasteiger charge is 2.11. The lowest BCUT2D eigenvalue weighted by molar-refractivity contribution is 0.0948. The number of amides is 1. The summed E-state index contributed by atoms with van der Waals surface area (Å²) in [4.78, 5) is 16.6. The molecule has 0 unspecified atom stereocenters. The second kappa shape index (κ2) is 6.29. The maximum absolute atomic E-state index is 12.0. The van der Waals surface area contributed by atoms with Gasteiger partial charge in [-0.15, -0.1) is 11.3 Å². The Labute approximate surface area is 142 Å². The molecule has 0 bridgehead atoms. The molecule has 4 nitrogen and oxygen atoms in total. The average molecular weight is 334 g/mol. The molecule has 1 amide bonds. The van der Waals surface area contributed by atoms with Crippen LogP contribution >= 0.6 is 11.3 Å². The highest BCUT2D eigenvalue weighted by molar-refractivity contribution is 7.21. The van der Waals surface area contributed by atoms with E-state index < -0.39 is 0 Å².